The molecule has 0 amide bonds. The molecule has 2 aliphatic rings. The topological polar surface area (TPSA) is 37.6 Å². The summed E-state index contributed by atoms with van der Waals surface area (Å²) in [5.41, 5.74) is 6.85. The number of rotatable bonds is 2. The predicted octanol–water partition coefficient (Wildman–Crippen LogP) is 3.44. The van der Waals surface area contributed by atoms with Gasteiger partial charge in [0, 0.05) is 29.4 Å². The minimum atomic E-state index is 0.222. The van der Waals surface area contributed by atoms with Crippen LogP contribution in [0.1, 0.15) is 29.5 Å². The van der Waals surface area contributed by atoms with Gasteiger partial charge in [-0.05, 0) is 29.3 Å². The molecule has 1 unspecified atom stereocenters. The van der Waals surface area contributed by atoms with Crippen LogP contribution in [0, 0.1) is 0 Å². The second-order valence-electron chi connectivity index (χ2n) is 5.08. The van der Waals surface area contributed by atoms with Crippen molar-refractivity contribution >= 4 is 17.5 Å². The van der Waals surface area contributed by atoms with Gasteiger partial charge in [0.15, 0.2) is 0 Å². The monoisotopic (exact) mass is 259 g/mol. The SMILES string of the molecule is CC(C1=NN=C2C1=Cc1ccccc12)c1ccncc1. The largest absolute Gasteiger partial charge is 0.265 e. The number of fused-ring (bicyclic) bond motifs is 3. The van der Waals surface area contributed by atoms with Crippen LogP contribution < -0.4 is 0 Å². The van der Waals surface area contributed by atoms with Crippen LogP contribution >= 0.6 is 0 Å². The van der Waals surface area contributed by atoms with Crippen LogP contribution in [0.4, 0.5) is 0 Å². The highest BCUT2D eigenvalue weighted by Crippen LogP contribution is 2.34. The summed E-state index contributed by atoms with van der Waals surface area (Å²) >= 11 is 0. The number of benzene rings is 1. The number of nitrogens with zero attached hydrogens (tertiary/aromatic N) is 3. The van der Waals surface area contributed by atoms with Crippen molar-refractivity contribution in [3.8, 4) is 0 Å². The van der Waals surface area contributed by atoms with E-state index in [1.165, 1.54) is 16.7 Å². The Bertz CT molecular complexity index is 770. The summed E-state index contributed by atoms with van der Waals surface area (Å²) < 4.78 is 0. The Kier molecular flexibility index (Phi) is 2.39. The lowest BCUT2D eigenvalue weighted by Gasteiger charge is -2.12. The first-order valence-electron chi connectivity index (χ1n) is 6.72. The van der Waals surface area contributed by atoms with E-state index in [0.717, 1.165) is 17.0 Å². The Balaban J connectivity index is 1.72. The molecule has 0 saturated carbocycles. The molecular weight excluding hydrogens is 246 g/mol. The van der Waals surface area contributed by atoms with E-state index in [9.17, 15) is 0 Å². The summed E-state index contributed by atoms with van der Waals surface area (Å²) in [5, 5.41) is 8.80. The molecular formula is C17H13N3. The highest BCUT2D eigenvalue weighted by Gasteiger charge is 2.31. The van der Waals surface area contributed by atoms with E-state index in [0.29, 0.717) is 0 Å². The van der Waals surface area contributed by atoms with Crippen LogP contribution in [-0.4, -0.2) is 16.4 Å². The third kappa shape index (κ3) is 1.56. The molecule has 0 radical (unpaired) electrons. The summed E-state index contributed by atoms with van der Waals surface area (Å²) in [7, 11) is 0. The molecule has 1 aliphatic carbocycles. The van der Waals surface area contributed by atoms with Gasteiger partial charge in [0.2, 0.25) is 0 Å². The van der Waals surface area contributed by atoms with Gasteiger partial charge in [0.1, 0.15) is 5.71 Å². The minimum Gasteiger partial charge on any atom is -0.265 e. The Labute approximate surface area is 117 Å². The van der Waals surface area contributed by atoms with Crippen molar-refractivity contribution in [3.63, 3.8) is 0 Å². The Morgan fingerprint density at radius 1 is 0.950 bits per heavy atom. The molecule has 4 rings (SSSR count). The highest BCUT2D eigenvalue weighted by atomic mass is 15.2. The van der Waals surface area contributed by atoms with Crippen LogP contribution in [0.25, 0.3) is 6.08 Å². The smallest absolute Gasteiger partial charge is 0.103 e. The van der Waals surface area contributed by atoms with Gasteiger partial charge in [-0.2, -0.15) is 5.10 Å². The number of allylic oxidation sites excluding steroid dienone is 1. The van der Waals surface area contributed by atoms with Crippen LogP contribution in [0.15, 0.2) is 64.6 Å². The molecule has 0 N–H and O–H groups in total. The molecule has 0 bridgehead atoms. The first kappa shape index (κ1) is 11.3. The number of pyridine rings is 1. The van der Waals surface area contributed by atoms with E-state index in [1.807, 2.05) is 30.6 Å². The maximum atomic E-state index is 4.41. The van der Waals surface area contributed by atoms with Crippen molar-refractivity contribution in [2.45, 2.75) is 12.8 Å². The predicted molar refractivity (Wildman–Crippen MR) is 81.0 cm³/mol. The van der Waals surface area contributed by atoms with Gasteiger partial charge in [-0.1, -0.05) is 31.2 Å². The van der Waals surface area contributed by atoms with Crippen LogP contribution in [0.3, 0.4) is 0 Å². The van der Waals surface area contributed by atoms with Gasteiger partial charge >= 0.3 is 0 Å². The van der Waals surface area contributed by atoms with Gasteiger partial charge in [-0.3, -0.25) is 4.98 Å². The van der Waals surface area contributed by atoms with Crippen molar-refractivity contribution in [2.24, 2.45) is 10.2 Å². The maximum Gasteiger partial charge on any atom is 0.103 e. The lowest BCUT2D eigenvalue weighted by molar-refractivity contribution is 1.00. The molecule has 96 valence electrons. The zero-order valence-electron chi connectivity index (χ0n) is 11.1. The Morgan fingerprint density at radius 2 is 1.75 bits per heavy atom. The summed E-state index contributed by atoms with van der Waals surface area (Å²) in [6, 6.07) is 12.4. The highest BCUT2D eigenvalue weighted by molar-refractivity contribution is 6.39. The lowest BCUT2D eigenvalue weighted by Crippen LogP contribution is -2.13. The van der Waals surface area contributed by atoms with Gasteiger partial charge < -0.3 is 0 Å². The van der Waals surface area contributed by atoms with Crippen molar-refractivity contribution in [1.82, 2.24) is 4.98 Å². The lowest BCUT2D eigenvalue weighted by atomic mass is 9.91. The molecule has 1 atom stereocenters. The fourth-order valence-electron chi connectivity index (χ4n) is 2.80. The van der Waals surface area contributed by atoms with Gasteiger partial charge in [0.05, 0.1) is 5.71 Å². The van der Waals surface area contributed by atoms with Crippen molar-refractivity contribution < 1.29 is 0 Å². The van der Waals surface area contributed by atoms with E-state index in [2.05, 4.69) is 46.4 Å². The molecule has 3 nitrogen and oxygen atoms in total. The van der Waals surface area contributed by atoms with Crippen molar-refractivity contribution in [3.05, 3.63) is 71.1 Å². The molecule has 3 heteroatoms. The molecule has 0 saturated heterocycles. The number of hydrogen-bond donors (Lipinski definition) is 0. The van der Waals surface area contributed by atoms with E-state index in [4.69, 9.17) is 0 Å². The molecule has 1 aromatic heterocycles. The average Bonchev–Trinajstić information content (AvgIpc) is 3.06. The quantitative estimate of drug-likeness (QED) is 0.814. The summed E-state index contributed by atoms with van der Waals surface area (Å²) in [5.74, 6) is 0.222. The van der Waals surface area contributed by atoms with E-state index in [-0.39, 0.29) is 5.92 Å². The fourth-order valence-corrected chi connectivity index (χ4v) is 2.80. The zero-order valence-corrected chi connectivity index (χ0v) is 11.1. The third-order valence-electron chi connectivity index (χ3n) is 3.92. The first-order chi connectivity index (χ1) is 9.84. The normalized spacial score (nSPS) is 16.9. The molecule has 0 spiro atoms. The van der Waals surface area contributed by atoms with Gasteiger partial charge in [-0.15, -0.1) is 5.10 Å². The second-order valence-corrected chi connectivity index (χ2v) is 5.08. The molecule has 2 aromatic rings. The summed E-state index contributed by atoms with van der Waals surface area (Å²) in [4.78, 5) is 4.07. The zero-order chi connectivity index (χ0) is 13.5. The van der Waals surface area contributed by atoms with E-state index >= 15 is 0 Å². The molecule has 2 heterocycles. The molecule has 1 aliphatic heterocycles. The fraction of sp³-hybridized carbons (Fsp3) is 0.118. The third-order valence-corrected chi connectivity index (χ3v) is 3.92. The standard InChI is InChI=1S/C17H13N3/c1-11(12-6-8-18-9-7-12)16-15-10-13-4-2-3-5-14(13)17(15)20-19-16/h2-11H,1H3. The molecule has 20 heavy (non-hydrogen) atoms. The van der Waals surface area contributed by atoms with Gasteiger partial charge in [-0.25, -0.2) is 0 Å². The second kappa shape index (κ2) is 4.23. The number of hydrogen-bond acceptors (Lipinski definition) is 3. The van der Waals surface area contributed by atoms with Crippen LogP contribution in [0.5, 0.6) is 0 Å². The Morgan fingerprint density at radius 3 is 2.60 bits per heavy atom. The number of aromatic nitrogens is 1. The van der Waals surface area contributed by atoms with E-state index < -0.39 is 0 Å². The average molecular weight is 259 g/mol. The summed E-state index contributed by atoms with van der Waals surface area (Å²) in [6.45, 7) is 2.16. The van der Waals surface area contributed by atoms with E-state index in [1.54, 1.807) is 0 Å². The molecule has 1 aromatic carbocycles. The Hall–Kier alpha value is -2.55. The minimum absolute atomic E-state index is 0.222. The molecule has 0 fully saturated rings. The first-order valence-corrected chi connectivity index (χ1v) is 6.72. The van der Waals surface area contributed by atoms with Gasteiger partial charge in [0.25, 0.3) is 0 Å². The maximum absolute atomic E-state index is 4.41. The summed E-state index contributed by atoms with van der Waals surface area (Å²) in [6.07, 6.45) is 5.83. The van der Waals surface area contributed by atoms with Crippen LogP contribution in [0.2, 0.25) is 0 Å². The van der Waals surface area contributed by atoms with Crippen molar-refractivity contribution in [1.29, 1.82) is 0 Å². The van der Waals surface area contributed by atoms with Crippen molar-refractivity contribution in [2.75, 3.05) is 0 Å². The van der Waals surface area contributed by atoms with Crippen LogP contribution in [-0.2, 0) is 0 Å².